The van der Waals surface area contributed by atoms with E-state index in [4.69, 9.17) is 11.6 Å². The predicted molar refractivity (Wildman–Crippen MR) is 106 cm³/mol. The second-order valence-corrected chi connectivity index (χ2v) is 8.09. The number of benzene rings is 1. The van der Waals surface area contributed by atoms with Crippen molar-refractivity contribution in [1.82, 2.24) is 4.98 Å². The summed E-state index contributed by atoms with van der Waals surface area (Å²) in [6.45, 7) is 0. The van der Waals surface area contributed by atoms with Crippen LogP contribution >= 0.6 is 38.9 Å². The molecule has 0 amide bonds. The summed E-state index contributed by atoms with van der Waals surface area (Å²) < 4.78 is 0.882. The summed E-state index contributed by atoms with van der Waals surface area (Å²) >= 11 is 10.8. The third kappa shape index (κ3) is 5.39. The van der Waals surface area contributed by atoms with E-state index in [2.05, 4.69) is 27.0 Å². The SMILES string of the molecule is [N-]=C(C(=[C-]c1cccc(Cl)c1)C(O)c1cccnc1)c1ccc(Br)s1.[U+2]. The summed E-state index contributed by atoms with van der Waals surface area (Å²) in [6.07, 6.45) is 5.19. The second-order valence-electron chi connectivity index (χ2n) is 5.19. The fraction of sp³-hybridized carbons (Fsp3) is 0.0526. The van der Waals surface area contributed by atoms with E-state index in [1.165, 1.54) is 11.3 Å². The zero-order valence-electron chi connectivity index (χ0n) is 13.4. The number of thiophene rings is 1. The molecule has 0 aliphatic rings. The van der Waals surface area contributed by atoms with Gasteiger partial charge in [0, 0.05) is 18.0 Å². The Kier molecular flexibility index (Phi) is 8.28. The van der Waals surface area contributed by atoms with Crippen LogP contribution in [0.4, 0.5) is 0 Å². The number of aromatic nitrogens is 1. The molecule has 1 aromatic carbocycles. The van der Waals surface area contributed by atoms with Crippen molar-refractivity contribution in [3.05, 3.63) is 103 Å². The minimum Gasteiger partial charge on any atom is -0.854 e. The minimum atomic E-state index is -1.08. The van der Waals surface area contributed by atoms with Crippen molar-refractivity contribution in [1.29, 1.82) is 0 Å². The number of nitrogens with zero attached hydrogens (tertiary/aromatic N) is 2. The second kappa shape index (κ2) is 9.98. The number of halogens is 2. The first-order valence-corrected chi connectivity index (χ1v) is 9.33. The van der Waals surface area contributed by atoms with Gasteiger partial charge in [-0.05, 0) is 38.0 Å². The zero-order chi connectivity index (χ0) is 17.8. The Balaban J connectivity index is 0.00000243. The molecule has 0 saturated carbocycles. The molecule has 0 bridgehead atoms. The van der Waals surface area contributed by atoms with Gasteiger partial charge in [0.05, 0.1) is 9.89 Å². The molecule has 0 aliphatic heterocycles. The number of hydrogen-bond donors (Lipinski definition) is 1. The van der Waals surface area contributed by atoms with E-state index >= 15 is 0 Å². The Morgan fingerprint density at radius 2 is 2.04 bits per heavy atom. The van der Waals surface area contributed by atoms with Crippen LogP contribution in [0.5, 0.6) is 0 Å². The maximum Gasteiger partial charge on any atom is 2.00 e. The molecule has 2 heterocycles. The van der Waals surface area contributed by atoms with Crippen molar-refractivity contribution in [2.75, 3.05) is 0 Å². The first-order chi connectivity index (χ1) is 12.0. The van der Waals surface area contributed by atoms with Crippen molar-refractivity contribution in [2.45, 2.75) is 6.10 Å². The Hall–Kier alpha value is -0.738. The Labute approximate surface area is 193 Å². The van der Waals surface area contributed by atoms with Crippen LogP contribution in [0.3, 0.4) is 0 Å². The number of aliphatic hydroxyl groups excluding tert-OH is 1. The third-order valence-electron chi connectivity index (χ3n) is 3.44. The monoisotopic (exact) mass is 668 g/mol. The predicted octanol–water partition coefficient (Wildman–Crippen LogP) is 5.43. The number of hydrogen-bond acceptors (Lipinski definition) is 3. The molecule has 3 nitrogen and oxygen atoms in total. The first-order valence-electron chi connectivity index (χ1n) is 7.34. The molecule has 1 N–H and O–H groups in total. The Bertz CT molecular complexity index is 930. The van der Waals surface area contributed by atoms with Crippen LogP contribution in [0, 0.1) is 37.2 Å². The summed E-state index contributed by atoms with van der Waals surface area (Å²) in [5.41, 5.74) is 1.44. The van der Waals surface area contributed by atoms with E-state index in [1.807, 2.05) is 6.07 Å². The molecular weight excluding hydrogens is 658 g/mol. The molecule has 0 saturated heterocycles. The van der Waals surface area contributed by atoms with Crippen molar-refractivity contribution in [2.24, 2.45) is 0 Å². The maximum atomic E-state index is 10.8. The molecule has 1 atom stereocenters. The van der Waals surface area contributed by atoms with Gasteiger partial charge in [-0.15, -0.1) is 46.7 Å². The molecule has 0 aliphatic carbocycles. The maximum absolute atomic E-state index is 10.8. The van der Waals surface area contributed by atoms with E-state index in [0.29, 0.717) is 21.0 Å². The van der Waals surface area contributed by atoms with E-state index in [1.54, 1.807) is 54.9 Å². The van der Waals surface area contributed by atoms with Crippen LogP contribution in [0.2, 0.25) is 5.02 Å². The summed E-state index contributed by atoms with van der Waals surface area (Å²) in [5, 5.41) is 22.1. The molecule has 1 unspecified atom stereocenters. The molecule has 7 heteroatoms. The van der Waals surface area contributed by atoms with E-state index in [-0.39, 0.29) is 42.4 Å². The molecule has 3 aromatic rings. The quantitative estimate of drug-likeness (QED) is 0.291. The average Bonchev–Trinajstić information content (AvgIpc) is 3.06. The smallest absolute Gasteiger partial charge is 0.854 e. The summed E-state index contributed by atoms with van der Waals surface area (Å²) in [7, 11) is 0. The fourth-order valence-corrected chi connectivity index (χ4v) is 3.79. The summed E-state index contributed by atoms with van der Waals surface area (Å²) in [4.78, 5) is 4.65. The van der Waals surface area contributed by atoms with Crippen LogP contribution in [0.15, 0.2) is 70.3 Å². The van der Waals surface area contributed by atoms with Crippen LogP contribution in [-0.2, 0) is 0 Å². The molecule has 0 radical (unpaired) electrons. The normalized spacial score (nSPS) is 12.3. The van der Waals surface area contributed by atoms with Crippen molar-refractivity contribution >= 4 is 44.6 Å². The molecule has 0 fully saturated rings. The van der Waals surface area contributed by atoms with Gasteiger partial charge < -0.3 is 10.5 Å². The molecule has 3 rings (SSSR count). The van der Waals surface area contributed by atoms with Gasteiger partial charge in [-0.3, -0.25) is 4.98 Å². The van der Waals surface area contributed by atoms with Gasteiger partial charge in [0.1, 0.15) is 0 Å². The topological polar surface area (TPSA) is 55.4 Å². The van der Waals surface area contributed by atoms with Gasteiger partial charge in [0.2, 0.25) is 0 Å². The van der Waals surface area contributed by atoms with Crippen LogP contribution in [-0.4, -0.2) is 15.8 Å². The molecule has 128 valence electrons. The number of rotatable bonds is 5. The van der Waals surface area contributed by atoms with Crippen LogP contribution in [0.25, 0.3) is 5.41 Å². The summed E-state index contributed by atoms with van der Waals surface area (Å²) in [5.74, 6) is 0. The number of aliphatic hydroxyl groups is 1. The van der Waals surface area contributed by atoms with Gasteiger partial charge in [0.25, 0.3) is 0 Å². The largest absolute Gasteiger partial charge is 2.00 e. The van der Waals surface area contributed by atoms with Gasteiger partial charge >= 0.3 is 31.1 Å². The molecular formula is C19H12BrClN2OSU. The standard InChI is InChI=1S/C19H12BrClN2OS.U/c20-17-7-6-16(25-17)18(22)15(10-12-3-1-5-14(21)9-12)19(24)13-4-2-8-23-11-13;/h1-9,11,19,24H;/q-2;+2. The van der Waals surface area contributed by atoms with Crippen molar-refractivity contribution in [3.8, 4) is 0 Å². The van der Waals surface area contributed by atoms with Crippen molar-refractivity contribution < 1.29 is 36.2 Å². The Morgan fingerprint density at radius 1 is 1.23 bits per heavy atom. The van der Waals surface area contributed by atoms with Gasteiger partial charge in [-0.2, -0.15) is 0 Å². The van der Waals surface area contributed by atoms with Gasteiger partial charge in [-0.1, -0.05) is 29.8 Å². The zero-order valence-corrected chi connectivity index (χ0v) is 20.7. The number of pyridine rings is 1. The van der Waals surface area contributed by atoms with Gasteiger partial charge in [-0.25, -0.2) is 5.71 Å². The molecule has 2 aromatic heterocycles. The van der Waals surface area contributed by atoms with E-state index in [0.717, 1.165) is 3.79 Å². The third-order valence-corrected chi connectivity index (χ3v) is 5.30. The van der Waals surface area contributed by atoms with Crippen LogP contribution in [0.1, 0.15) is 22.1 Å². The van der Waals surface area contributed by atoms with E-state index in [9.17, 15) is 10.5 Å². The minimum absolute atomic E-state index is 0. The molecule has 0 spiro atoms. The Morgan fingerprint density at radius 3 is 2.65 bits per heavy atom. The van der Waals surface area contributed by atoms with Gasteiger partial charge in [0.15, 0.2) is 0 Å². The van der Waals surface area contributed by atoms with E-state index < -0.39 is 6.10 Å². The first kappa shape index (κ1) is 21.6. The molecule has 26 heavy (non-hydrogen) atoms. The van der Waals surface area contributed by atoms with Crippen LogP contribution < -0.4 is 0 Å². The van der Waals surface area contributed by atoms with Crippen molar-refractivity contribution in [3.63, 3.8) is 0 Å². The average molecular weight is 670 g/mol. The summed E-state index contributed by atoms with van der Waals surface area (Å²) in [6, 6.07) is 14.2. The fourth-order valence-electron chi connectivity index (χ4n) is 2.26.